The number of hydrogen-bond donors (Lipinski definition) is 2. The van der Waals surface area contributed by atoms with Gasteiger partial charge in [-0.3, -0.25) is 15.4 Å². The molecular formula is C10H9N3O4S. The van der Waals surface area contributed by atoms with E-state index in [-0.39, 0.29) is 5.69 Å². The van der Waals surface area contributed by atoms with Crippen molar-refractivity contribution in [1.29, 1.82) is 0 Å². The number of benzene rings is 1. The Morgan fingerprint density at radius 2 is 2.06 bits per heavy atom. The Hall–Kier alpha value is -2.48. The van der Waals surface area contributed by atoms with Crippen molar-refractivity contribution in [3.8, 4) is 0 Å². The van der Waals surface area contributed by atoms with Crippen LogP contribution in [0.1, 0.15) is 0 Å². The number of nitrogens with zero attached hydrogens (tertiary/aromatic N) is 2. The number of nitrogens with one attached hydrogen (secondary N) is 1. The van der Waals surface area contributed by atoms with E-state index in [0.717, 1.165) is 0 Å². The standard InChI is InChI=1S/C6H5NO2.C4H4N2O2S/c8-7(9)6-4-2-1-3-5-6;7-4(8)6-3-5-1-2-9-3/h1-5H;1-2H,(H,5,6)(H,7,8). The van der Waals surface area contributed by atoms with E-state index in [1.165, 1.54) is 29.7 Å². The van der Waals surface area contributed by atoms with Crippen LogP contribution >= 0.6 is 11.3 Å². The fourth-order valence-corrected chi connectivity index (χ4v) is 1.44. The molecule has 2 N–H and O–H groups in total. The molecule has 0 bridgehead atoms. The van der Waals surface area contributed by atoms with Gasteiger partial charge in [-0.25, -0.2) is 9.78 Å². The second-order valence-corrected chi connectivity index (χ2v) is 3.75. The SMILES string of the molecule is O=C(O)Nc1nccs1.O=[N+]([O-])c1ccccc1. The second kappa shape index (κ2) is 6.97. The maximum absolute atomic E-state index is 10.0. The molecule has 1 amide bonds. The highest BCUT2D eigenvalue weighted by Gasteiger charge is 1.98. The van der Waals surface area contributed by atoms with Crippen LogP contribution in [0.25, 0.3) is 0 Å². The molecule has 0 aliphatic carbocycles. The molecule has 18 heavy (non-hydrogen) atoms. The number of carbonyl (C=O) groups is 1. The molecule has 2 aromatic rings. The summed E-state index contributed by atoms with van der Waals surface area (Å²) in [5, 5.41) is 22.4. The maximum atomic E-state index is 10.0. The summed E-state index contributed by atoms with van der Waals surface area (Å²) in [5.41, 5.74) is 0.137. The van der Waals surface area contributed by atoms with Crippen LogP contribution in [0.15, 0.2) is 41.9 Å². The molecule has 8 heteroatoms. The van der Waals surface area contributed by atoms with Crippen molar-refractivity contribution in [3.05, 3.63) is 52.0 Å². The van der Waals surface area contributed by atoms with Crippen LogP contribution in [0.5, 0.6) is 0 Å². The van der Waals surface area contributed by atoms with E-state index in [4.69, 9.17) is 5.11 Å². The van der Waals surface area contributed by atoms with E-state index in [9.17, 15) is 14.9 Å². The summed E-state index contributed by atoms with van der Waals surface area (Å²) in [5.74, 6) is 0. The van der Waals surface area contributed by atoms with E-state index in [1.54, 1.807) is 23.6 Å². The van der Waals surface area contributed by atoms with Crippen molar-refractivity contribution in [2.75, 3.05) is 5.32 Å². The first kappa shape index (κ1) is 13.6. The third-order valence-electron chi connectivity index (χ3n) is 1.61. The monoisotopic (exact) mass is 267 g/mol. The topological polar surface area (TPSA) is 105 Å². The molecule has 0 unspecified atom stereocenters. The third-order valence-corrected chi connectivity index (χ3v) is 2.30. The van der Waals surface area contributed by atoms with Crippen molar-refractivity contribution in [2.45, 2.75) is 0 Å². The molecule has 0 aliphatic rings. The number of non-ortho nitro benzene ring substituents is 1. The van der Waals surface area contributed by atoms with Crippen LogP contribution in [0, 0.1) is 10.1 Å². The van der Waals surface area contributed by atoms with Gasteiger partial charge in [0.25, 0.3) is 5.69 Å². The molecule has 1 aromatic heterocycles. The second-order valence-electron chi connectivity index (χ2n) is 2.86. The predicted molar refractivity (Wildman–Crippen MR) is 66.9 cm³/mol. The van der Waals surface area contributed by atoms with Gasteiger partial charge in [0.1, 0.15) is 0 Å². The third kappa shape index (κ3) is 5.03. The van der Waals surface area contributed by atoms with Crippen LogP contribution in [0.3, 0.4) is 0 Å². The molecular weight excluding hydrogens is 258 g/mol. The molecule has 0 saturated heterocycles. The fourth-order valence-electron chi connectivity index (χ4n) is 0.926. The summed E-state index contributed by atoms with van der Waals surface area (Å²) in [6.07, 6.45) is 0.459. The Kier molecular flexibility index (Phi) is 5.26. The highest BCUT2D eigenvalue weighted by atomic mass is 32.1. The average molecular weight is 267 g/mol. The molecule has 0 saturated carbocycles. The minimum absolute atomic E-state index is 0.137. The summed E-state index contributed by atoms with van der Waals surface area (Å²) in [7, 11) is 0. The number of rotatable bonds is 2. The van der Waals surface area contributed by atoms with Crippen molar-refractivity contribution in [2.24, 2.45) is 0 Å². The van der Waals surface area contributed by atoms with Gasteiger partial charge in [-0.05, 0) is 0 Å². The summed E-state index contributed by atoms with van der Waals surface area (Å²) in [6, 6.07) is 7.93. The van der Waals surface area contributed by atoms with E-state index in [0.29, 0.717) is 5.13 Å². The van der Waals surface area contributed by atoms with Crippen molar-refractivity contribution in [1.82, 2.24) is 4.98 Å². The lowest BCUT2D eigenvalue weighted by Crippen LogP contribution is -2.06. The summed E-state index contributed by atoms with van der Waals surface area (Å²) < 4.78 is 0. The highest BCUT2D eigenvalue weighted by molar-refractivity contribution is 7.13. The minimum atomic E-state index is -1.08. The lowest BCUT2D eigenvalue weighted by molar-refractivity contribution is -0.384. The van der Waals surface area contributed by atoms with Gasteiger partial charge in [0, 0.05) is 23.7 Å². The number of aromatic nitrogens is 1. The van der Waals surface area contributed by atoms with Gasteiger partial charge < -0.3 is 5.11 Å². The molecule has 2 rings (SSSR count). The number of nitro benzene ring substituents is 1. The predicted octanol–water partition coefficient (Wildman–Crippen LogP) is 2.83. The first-order chi connectivity index (χ1) is 8.59. The summed E-state index contributed by atoms with van der Waals surface area (Å²) in [6.45, 7) is 0. The molecule has 0 radical (unpaired) electrons. The molecule has 1 aromatic carbocycles. The zero-order valence-corrected chi connectivity index (χ0v) is 9.83. The Balaban J connectivity index is 0.000000180. The number of hydrogen-bond acceptors (Lipinski definition) is 5. The molecule has 7 nitrogen and oxygen atoms in total. The number of amides is 1. The molecule has 0 atom stereocenters. The Labute approximate surface area is 106 Å². The molecule has 94 valence electrons. The Bertz CT molecular complexity index is 501. The fraction of sp³-hybridized carbons (Fsp3) is 0. The van der Waals surface area contributed by atoms with Gasteiger partial charge in [0.05, 0.1) is 4.92 Å². The first-order valence-electron chi connectivity index (χ1n) is 4.68. The Morgan fingerprint density at radius 3 is 2.44 bits per heavy atom. The quantitative estimate of drug-likeness (QED) is 0.642. The van der Waals surface area contributed by atoms with E-state index in [2.05, 4.69) is 10.3 Å². The van der Waals surface area contributed by atoms with E-state index in [1.807, 2.05) is 0 Å². The van der Waals surface area contributed by atoms with Crippen molar-refractivity contribution in [3.63, 3.8) is 0 Å². The molecule has 0 spiro atoms. The van der Waals surface area contributed by atoms with Crippen LogP contribution < -0.4 is 5.32 Å². The van der Waals surface area contributed by atoms with E-state index < -0.39 is 11.0 Å². The lowest BCUT2D eigenvalue weighted by Gasteiger charge is -1.89. The van der Waals surface area contributed by atoms with Gasteiger partial charge in [0.2, 0.25) is 0 Å². The van der Waals surface area contributed by atoms with Gasteiger partial charge in [-0.2, -0.15) is 0 Å². The number of nitro groups is 1. The summed E-state index contributed by atoms with van der Waals surface area (Å²) >= 11 is 1.25. The number of anilines is 1. The minimum Gasteiger partial charge on any atom is -0.465 e. The van der Waals surface area contributed by atoms with Crippen molar-refractivity contribution >= 4 is 28.2 Å². The van der Waals surface area contributed by atoms with Gasteiger partial charge in [0.15, 0.2) is 5.13 Å². The molecule has 1 heterocycles. The lowest BCUT2D eigenvalue weighted by atomic mass is 10.3. The first-order valence-corrected chi connectivity index (χ1v) is 5.56. The van der Waals surface area contributed by atoms with E-state index >= 15 is 0 Å². The highest BCUT2D eigenvalue weighted by Crippen LogP contribution is 2.09. The number of thiazole rings is 1. The van der Waals surface area contributed by atoms with Crippen LogP contribution in [0.4, 0.5) is 15.6 Å². The molecule has 0 fully saturated rings. The zero-order chi connectivity index (χ0) is 13.4. The molecule has 0 aliphatic heterocycles. The van der Waals surface area contributed by atoms with Gasteiger partial charge >= 0.3 is 6.09 Å². The maximum Gasteiger partial charge on any atom is 0.410 e. The largest absolute Gasteiger partial charge is 0.465 e. The van der Waals surface area contributed by atoms with Gasteiger partial charge in [-0.1, -0.05) is 18.2 Å². The smallest absolute Gasteiger partial charge is 0.410 e. The van der Waals surface area contributed by atoms with Crippen LogP contribution in [-0.2, 0) is 0 Å². The van der Waals surface area contributed by atoms with Crippen LogP contribution in [-0.4, -0.2) is 21.1 Å². The summed E-state index contributed by atoms with van der Waals surface area (Å²) in [4.78, 5) is 23.2. The number of carboxylic acid groups (broad SMARTS) is 1. The zero-order valence-electron chi connectivity index (χ0n) is 9.02. The van der Waals surface area contributed by atoms with Gasteiger partial charge in [-0.15, -0.1) is 11.3 Å². The normalized spacial score (nSPS) is 8.89. The number of para-hydroxylation sites is 1. The Morgan fingerprint density at radius 1 is 1.39 bits per heavy atom. The van der Waals surface area contributed by atoms with Crippen molar-refractivity contribution < 1.29 is 14.8 Å². The van der Waals surface area contributed by atoms with Crippen LogP contribution in [0.2, 0.25) is 0 Å². The average Bonchev–Trinajstić information content (AvgIpc) is 2.83.